The molecule has 2 aliphatic carbocycles. The molecule has 1 aliphatic heterocycles. The van der Waals surface area contributed by atoms with Crippen LogP contribution in [0.1, 0.15) is 93.4 Å². The summed E-state index contributed by atoms with van der Waals surface area (Å²) in [6.07, 6.45) is 9.76. The predicted molar refractivity (Wildman–Crippen MR) is 116 cm³/mol. The van der Waals surface area contributed by atoms with Crippen LogP contribution in [0.2, 0.25) is 0 Å². The lowest BCUT2D eigenvalue weighted by Crippen LogP contribution is -2.49. The fourth-order valence-electron chi connectivity index (χ4n) is 6.08. The van der Waals surface area contributed by atoms with Crippen molar-refractivity contribution in [2.24, 2.45) is 39.9 Å². The molecule has 0 aromatic rings. The van der Waals surface area contributed by atoms with Crippen LogP contribution < -0.4 is 5.32 Å². The van der Waals surface area contributed by atoms with E-state index >= 15 is 0 Å². The molecule has 2 saturated carbocycles. The van der Waals surface area contributed by atoms with Gasteiger partial charge in [-0.1, -0.05) is 54.9 Å². The highest BCUT2D eigenvalue weighted by Crippen LogP contribution is 2.49. The fraction of sp³-hybridized carbons (Fsp3) is 1.00. The van der Waals surface area contributed by atoms with Gasteiger partial charge in [0.2, 0.25) is 0 Å². The Bertz CT molecular complexity index is 477. The number of hydrogen-bond acceptors (Lipinski definition) is 2. The van der Waals surface area contributed by atoms with Crippen molar-refractivity contribution in [2.45, 2.75) is 99.5 Å². The molecule has 3 rings (SSSR count). The molecule has 0 bridgehead atoms. The van der Waals surface area contributed by atoms with Gasteiger partial charge < -0.3 is 10.1 Å². The molecule has 0 aromatic carbocycles. The van der Waals surface area contributed by atoms with Gasteiger partial charge in [-0.15, -0.1) is 0 Å². The summed E-state index contributed by atoms with van der Waals surface area (Å²) in [4.78, 5) is 0. The first kappa shape index (κ1) is 21.6. The van der Waals surface area contributed by atoms with E-state index in [4.69, 9.17) is 4.74 Å². The molecule has 0 aromatic heterocycles. The molecule has 3 atom stereocenters. The third-order valence-electron chi connectivity index (χ3n) is 8.71. The lowest BCUT2D eigenvalue weighted by molar-refractivity contribution is 0.0841. The van der Waals surface area contributed by atoms with Gasteiger partial charge in [-0.2, -0.15) is 0 Å². The zero-order valence-electron chi connectivity index (χ0n) is 19.4. The highest BCUT2D eigenvalue weighted by molar-refractivity contribution is 4.95. The maximum absolute atomic E-state index is 5.67. The van der Waals surface area contributed by atoms with E-state index in [1.807, 2.05) is 0 Å². The van der Waals surface area contributed by atoms with Crippen LogP contribution in [0.4, 0.5) is 0 Å². The molecule has 3 aliphatic rings. The lowest BCUT2D eigenvalue weighted by Gasteiger charge is -2.45. The van der Waals surface area contributed by atoms with E-state index in [0.717, 1.165) is 42.9 Å². The molecule has 3 fully saturated rings. The van der Waals surface area contributed by atoms with Crippen LogP contribution in [-0.4, -0.2) is 25.8 Å². The van der Waals surface area contributed by atoms with Gasteiger partial charge in [0.05, 0.1) is 0 Å². The monoisotopic (exact) mass is 377 g/mol. The summed E-state index contributed by atoms with van der Waals surface area (Å²) in [6.45, 7) is 20.4. The second-order valence-corrected chi connectivity index (χ2v) is 12.7. The SMILES string of the molecule is CC(C)(C)C1CC(NCC(C)(C)C2CCC(CC(C)(C)C3CCOC3)C2)C1. The maximum Gasteiger partial charge on any atom is 0.0500 e. The summed E-state index contributed by atoms with van der Waals surface area (Å²) in [6, 6.07) is 0.770. The quantitative estimate of drug-likeness (QED) is 0.562. The molecule has 2 nitrogen and oxygen atoms in total. The minimum atomic E-state index is 0.433. The van der Waals surface area contributed by atoms with E-state index in [-0.39, 0.29) is 0 Å². The zero-order chi connectivity index (χ0) is 19.9. The second kappa shape index (κ2) is 7.98. The normalized spacial score (nSPS) is 35.4. The Kier molecular flexibility index (Phi) is 6.39. The number of nitrogens with one attached hydrogen (secondary N) is 1. The smallest absolute Gasteiger partial charge is 0.0500 e. The van der Waals surface area contributed by atoms with Crippen LogP contribution >= 0.6 is 0 Å². The highest BCUT2D eigenvalue weighted by atomic mass is 16.5. The molecule has 0 spiro atoms. The van der Waals surface area contributed by atoms with Crippen molar-refractivity contribution >= 4 is 0 Å². The predicted octanol–water partition coefficient (Wildman–Crippen LogP) is 6.30. The van der Waals surface area contributed by atoms with Crippen LogP contribution in [0.15, 0.2) is 0 Å². The van der Waals surface area contributed by atoms with Crippen LogP contribution in [-0.2, 0) is 4.74 Å². The third kappa shape index (κ3) is 5.30. The van der Waals surface area contributed by atoms with E-state index < -0.39 is 0 Å². The Morgan fingerprint density at radius 2 is 1.48 bits per heavy atom. The van der Waals surface area contributed by atoms with Gasteiger partial charge in [0, 0.05) is 25.8 Å². The topological polar surface area (TPSA) is 21.3 Å². The van der Waals surface area contributed by atoms with E-state index in [2.05, 4.69) is 53.8 Å². The molecule has 1 saturated heterocycles. The molecule has 0 amide bonds. The van der Waals surface area contributed by atoms with Gasteiger partial charge >= 0.3 is 0 Å². The minimum absolute atomic E-state index is 0.433. The van der Waals surface area contributed by atoms with Crippen LogP contribution in [0.25, 0.3) is 0 Å². The number of hydrogen-bond donors (Lipinski definition) is 1. The fourth-order valence-corrected chi connectivity index (χ4v) is 6.08. The summed E-state index contributed by atoms with van der Waals surface area (Å²) in [5.74, 6) is 3.51. The third-order valence-corrected chi connectivity index (χ3v) is 8.71. The zero-order valence-corrected chi connectivity index (χ0v) is 19.4. The molecule has 27 heavy (non-hydrogen) atoms. The van der Waals surface area contributed by atoms with Gasteiger partial charge in [-0.05, 0) is 78.4 Å². The van der Waals surface area contributed by atoms with Gasteiger partial charge in [0.1, 0.15) is 0 Å². The molecule has 158 valence electrons. The van der Waals surface area contributed by atoms with Crippen LogP contribution in [0.3, 0.4) is 0 Å². The molecule has 0 radical (unpaired) electrons. The first-order valence-electron chi connectivity index (χ1n) is 11.8. The number of ether oxygens (including phenoxy) is 1. The average molecular weight is 378 g/mol. The van der Waals surface area contributed by atoms with E-state index in [9.17, 15) is 0 Å². The largest absolute Gasteiger partial charge is 0.381 e. The lowest BCUT2D eigenvalue weighted by atomic mass is 9.65. The molecule has 3 unspecified atom stereocenters. The molecule has 1 heterocycles. The molecular weight excluding hydrogens is 330 g/mol. The summed E-state index contributed by atoms with van der Waals surface area (Å²) >= 11 is 0. The first-order valence-corrected chi connectivity index (χ1v) is 11.8. The van der Waals surface area contributed by atoms with Gasteiger partial charge in [-0.25, -0.2) is 0 Å². The van der Waals surface area contributed by atoms with Gasteiger partial charge in [0.25, 0.3) is 0 Å². The second-order valence-electron chi connectivity index (χ2n) is 12.7. The van der Waals surface area contributed by atoms with Crippen molar-refractivity contribution in [3.05, 3.63) is 0 Å². The van der Waals surface area contributed by atoms with E-state index in [0.29, 0.717) is 16.2 Å². The maximum atomic E-state index is 5.67. The van der Waals surface area contributed by atoms with E-state index in [1.165, 1.54) is 51.5 Å². The molecular formula is C25H47NO. The van der Waals surface area contributed by atoms with Crippen molar-refractivity contribution in [1.82, 2.24) is 5.32 Å². The molecule has 1 N–H and O–H groups in total. The minimum Gasteiger partial charge on any atom is -0.381 e. The number of rotatable bonds is 7. The Hall–Kier alpha value is -0.0800. The highest BCUT2D eigenvalue weighted by Gasteiger charge is 2.42. The summed E-state index contributed by atoms with van der Waals surface area (Å²) < 4.78 is 5.67. The van der Waals surface area contributed by atoms with E-state index in [1.54, 1.807) is 0 Å². The van der Waals surface area contributed by atoms with Crippen molar-refractivity contribution in [2.75, 3.05) is 19.8 Å². The Balaban J connectivity index is 1.42. The Labute approximate surface area is 169 Å². The van der Waals surface area contributed by atoms with Gasteiger partial charge in [0.15, 0.2) is 0 Å². The summed E-state index contributed by atoms with van der Waals surface area (Å²) in [5.41, 5.74) is 1.37. The standard InChI is InChI=1S/C25H47NO/c1-23(2,3)21-13-22(14-21)26-17-25(6,7)19-9-8-18(12-19)15-24(4,5)20-10-11-27-16-20/h18-22,26H,8-17H2,1-7H3. The summed E-state index contributed by atoms with van der Waals surface area (Å²) in [5, 5.41) is 3.93. The van der Waals surface area contributed by atoms with Crippen LogP contribution in [0.5, 0.6) is 0 Å². The van der Waals surface area contributed by atoms with Crippen molar-refractivity contribution in [3.63, 3.8) is 0 Å². The average Bonchev–Trinajstić information content (AvgIpc) is 3.14. The Morgan fingerprint density at radius 3 is 2.07 bits per heavy atom. The first-order chi connectivity index (χ1) is 12.5. The van der Waals surface area contributed by atoms with Crippen molar-refractivity contribution < 1.29 is 4.74 Å². The Morgan fingerprint density at radius 1 is 0.778 bits per heavy atom. The molecule has 2 heteroatoms. The van der Waals surface area contributed by atoms with Crippen molar-refractivity contribution in [3.8, 4) is 0 Å². The van der Waals surface area contributed by atoms with Crippen molar-refractivity contribution in [1.29, 1.82) is 0 Å². The van der Waals surface area contributed by atoms with Crippen LogP contribution in [0, 0.1) is 39.9 Å². The van der Waals surface area contributed by atoms with Gasteiger partial charge in [-0.3, -0.25) is 0 Å². The summed E-state index contributed by atoms with van der Waals surface area (Å²) in [7, 11) is 0.